The molecule has 0 spiro atoms. The summed E-state index contributed by atoms with van der Waals surface area (Å²) in [5.74, 6) is 1.07. The molecule has 6 nitrogen and oxygen atoms in total. The van der Waals surface area contributed by atoms with E-state index in [-0.39, 0.29) is 17.3 Å². The lowest BCUT2D eigenvalue weighted by molar-refractivity contribution is 0.104. The number of ether oxygens (including phenoxy) is 2. The number of nitrogens with one attached hydrogen (secondary N) is 1. The van der Waals surface area contributed by atoms with Gasteiger partial charge in [0.15, 0.2) is 9.84 Å². The van der Waals surface area contributed by atoms with E-state index < -0.39 is 15.9 Å². The molecule has 2 aromatic carbocycles. The van der Waals surface area contributed by atoms with Crippen LogP contribution in [0.5, 0.6) is 11.5 Å². The summed E-state index contributed by atoms with van der Waals surface area (Å²) < 4.78 is 34.8. The van der Waals surface area contributed by atoms with Gasteiger partial charge in [0, 0.05) is 19.3 Å². The zero-order valence-electron chi connectivity index (χ0n) is 15.9. The monoisotopic (exact) mass is 393 g/mol. The summed E-state index contributed by atoms with van der Waals surface area (Å²) in [7, 11) is -3.39. The summed E-state index contributed by atoms with van der Waals surface area (Å²) in [5, 5.41) is 13.1. The van der Waals surface area contributed by atoms with E-state index in [1.165, 1.54) is 11.6 Å². The first-order valence-corrected chi connectivity index (χ1v) is 10.7. The Morgan fingerprint density at radius 2 is 1.70 bits per heavy atom. The molecule has 1 atom stereocenters. The molecule has 2 N–H and O–H groups in total. The number of aliphatic hydroxyl groups excluding tert-OH is 1. The second kappa shape index (κ2) is 9.73. The molecule has 0 aliphatic rings. The molecule has 0 saturated heterocycles. The van der Waals surface area contributed by atoms with E-state index in [1.54, 1.807) is 12.1 Å². The van der Waals surface area contributed by atoms with Gasteiger partial charge in [-0.15, -0.1) is 0 Å². The second-order valence-electron chi connectivity index (χ2n) is 6.55. The standard InChI is InChI=1S/C20H27NO5S/c1-15-4-7-18(8-5-15)25-11-10-21-13-17(22)14-26-19-12-16(2)6-9-20(19)27(3,23)24/h4-9,12,17,21-22H,10-11,13-14H2,1-3H3. The Balaban J connectivity index is 1.73. The quantitative estimate of drug-likeness (QED) is 0.602. The zero-order valence-corrected chi connectivity index (χ0v) is 16.8. The first-order chi connectivity index (χ1) is 12.8. The Labute approximate surface area is 161 Å². The SMILES string of the molecule is Cc1ccc(OCCNCC(O)COc2cc(C)ccc2S(C)(=O)=O)cc1. The van der Waals surface area contributed by atoms with Crippen molar-refractivity contribution in [3.63, 3.8) is 0 Å². The predicted molar refractivity (Wildman–Crippen MR) is 105 cm³/mol. The summed E-state index contributed by atoms with van der Waals surface area (Å²) in [6.45, 7) is 5.24. The van der Waals surface area contributed by atoms with Crippen LogP contribution in [-0.4, -0.2) is 52.2 Å². The fourth-order valence-corrected chi connectivity index (χ4v) is 3.22. The molecule has 2 aromatic rings. The first-order valence-electron chi connectivity index (χ1n) is 8.77. The smallest absolute Gasteiger partial charge is 0.179 e. The van der Waals surface area contributed by atoms with Crippen LogP contribution in [0.2, 0.25) is 0 Å². The molecule has 0 heterocycles. The number of hydrogen-bond donors (Lipinski definition) is 2. The maximum atomic E-state index is 11.8. The Morgan fingerprint density at radius 1 is 1.04 bits per heavy atom. The average Bonchev–Trinajstić information content (AvgIpc) is 2.60. The van der Waals surface area contributed by atoms with Crippen LogP contribution >= 0.6 is 0 Å². The van der Waals surface area contributed by atoms with Crippen molar-refractivity contribution < 1.29 is 23.0 Å². The third-order valence-electron chi connectivity index (χ3n) is 3.88. The van der Waals surface area contributed by atoms with Gasteiger partial charge < -0.3 is 19.9 Å². The number of aliphatic hydroxyl groups is 1. The van der Waals surface area contributed by atoms with Crippen LogP contribution in [0, 0.1) is 13.8 Å². The minimum Gasteiger partial charge on any atom is -0.492 e. The summed E-state index contributed by atoms with van der Waals surface area (Å²) in [5.41, 5.74) is 2.06. The highest BCUT2D eigenvalue weighted by molar-refractivity contribution is 7.90. The van der Waals surface area contributed by atoms with Crippen LogP contribution in [0.4, 0.5) is 0 Å². The Hall–Kier alpha value is -2.09. The number of rotatable bonds is 10. The lowest BCUT2D eigenvalue weighted by atomic mass is 10.2. The fourth-order valence-electron chi connectivity index (χ4n) is 2.42. The molecule has 0 amide bonds. The molecule has 1 unspecified atom stereocenters. The number of benzene rings is 2. The molecule has 7 heteroatoms. The molecule has 27 heavy (non-hydrogen) atoms. The van der Waals surface area contributed by atoms with Gasteiger partial charge in [-0.05, 0) is 43.7 Å². The van der Waals surface area contributed by atoms with Gasteiger partial charge >= 0.3 is 0 Å². The molecule has 148 valence electrons. The summed E-state index contributed by atoms with van der Waals surface area (Å²) >= 11 is 0. The predicted octanol–water partition coefficient (Wildman–Crippen LogP) is 2.12. The zero-order chi connectivity index (χ0) is 19.9. The minimum atomic E-state index is -3.39. The van der Waals surface area contributed by atoms with Crippen LogP contribution in [0.3, 0.4) is 0 Å². The average molecular weight is 394 g/mol. The number of hydrogen-bond acceptors (Lipinski definition) is 6. The maximum Gasteiger partial charge on any atom is 0.179 e. The van der Waals surface area contributed by atoms with Crippen molar-refractivity contribution in [2.45, 2.75) is 24.8 Å². The lowest BCUT2D eigenvalue weighted by Gasteiger charge is -2.15. The van der Waals surface area contributed by atoms with E-state index in [0.29, 0.717) is 19.7 Å². The second-order valence-corrected chi connectivity index (χ2v) is 8.54. The van der Waals surface area contributed by atoms with Crippen molar-refractivity contribution in [1.82, 2.24) is 5.32 Å². The van der Waals surface area contributed by atoms with Gasteiger partial charge in [0.05, 0.1) is 0 Å². The van der Waals surface area contributed by atoms with Crippen molar-refractivity contribution in [3.8, 4) is 11.5 Å². The molecule has 0 aliphatic heterocycles. The summed E-state index contributed by atoms with van der Waals surface area (Å²) in [6, 6.07) is 12.7. The van der Waals surface area contributed by atoms with Crippen molar-refractivity contribution in [2.24, 2.45) is 0 Å². The van der Waals surface area contributed by atoms with Crippen molar-refractivity contribution in [1.29, 1.82) is 0 Å². The van der Waals surface area contributed by atoms with Crippen molar-refractivity contribution in [2.75, 3.05) is 32.6 Å². The summed E-state index contributed by atoms with van der Waals surface area (Å²) in [4.78, 5) is 0.125. The molecule has 2 rings (SSSR count). The molecule has 0 aromatic heterocycles. The molecular formula is C20H27NO5S. The Bertz CT molecular complexity index is 834. The lowest BCUT2D eigenvalue weighted by Crippen LogP contribution is -2.33. The highest BCUT2D eigenvalue weighted by Gasteiger charge is 2.15. The van der Waals surface area contributed by atoms with Crippen LogP contribution in [-0.2, 0) is 9.84 Å². The highest BCUT2D eigenvalue weighted by Crippen LogP contribution is 2.25. The maximum absolute atomic E-state index is 11.8. The minimum absolute atomic E-state index is 0.00219. The van der Waals surface area contributed by atoms with E-state index in [9.17, 15) is 13.5 Å². The van der Waals surface area contributed by atoms with Crippen molar-refractivity contribution >= 4 is 9.84 Å². The highest BCUT2D eigenvalue weighted by atomic mass is 32.2. The number of sulfone groups is 1. The Kier molecular flexibility index (Phi) is 7.65. The van der Waals surface area contributed by atoms with Gasteiger partial charge in [-0.2, -0.15) is 0 Å². The van der Waals surface area contributed by atoms with Crippen molar-refractivity contribution in [3.05, 3.63) is 53.6 Å². The van der Waals surface area contributed by atoms with E-state index >= 15 is 0 Å². The fraction of sp³-hybridized carbons (Fsp3) is 0.400. The van der Waals surface area contributed by atoms with Gasteiger partial charge in [0.2, 0.25) is 0 Å². The van der Waals surface area contributed by atoms with Gasteiger partial charge in [-0.1, -0.05) is 23.8 Å². The van der Waals surface area contributed by atoms with Crippen LogP contribution in [0.1, 0.15) is 11.1 Å². The van der Waals surface area contributed by atoms with Gasteiger partial charge in [-0.25, -0.2) is 8.42 Å². The van der Waals surface area contributed by atoms with E-state index in [2.05, 4.69) is 5.32 Å². The molecule has 0 bridgehead atoms. The van der Waals surface area contributed by atoms with E-state index in [0.717, 1.165) is 17.6 Å². The number of aryl methyl sites for hydroxylation is 2. The topological polar surface area (TPSA) is 84.9 Å². The third-order valence-corrected chi connectivity index (χ3v) is 5.01. The largest absolute Gasteiger partial charge is 0.492 e. The van der Waals surface area contributed by atoms with Crippen LogP contribution in [0.25, 0.3) is 0 Å². The third kappa shape index (κ3) is 7.21. The molecule has 0 fully saturated rings. The van der Waals surface area contributed by atoms with Crippen LogP contribution < -0.4 is 14.8 Å². The molecule has 0 aliphatic carbocycles. The molecular weight excluding hydrogens is 366 g/mol. The van der Waals surface area contributed by atoms with Crippen LogP contribution in [0.15, 0.2) is 47.4 Å². The Morgan fingerprint density at radius 3 is 2.37 bits per heavy atom. The molecule has 0 radical (unpaired) electrons. The van der Waals surface area contributed by atoms with Gasteiger partial charge in [0.25, 0.3) is 0 Å². The first kappa shape index (κ1) is 21.2. The van der Waals surface area contributed by atoms with E-state index in [4.69, 9.17) is 9.47 Å². The van der Waals surface area contributed by atoms with E-state index in [1.807, 2.05) is 38.1 Å². The normalized spacial score (nSPS) is 12.6. The summed E-state index contributed by atoms with van der Waals surface area (Å²) in [6.07, 6.45) is 0.369. The molecule has 0 saturated carbocycles. The van der Waals surface area contributed by atoms with Gasteiger partial charge in [-0.3, -0.25) is 0 Å². The van der Waals surface area contributed by atoms with Gasteiger partial charge in [0.1, 0.15) is 35.7 Å².